The Morgan fingerprint density at radius 1 is 1.00 bits per heavy atom. The highest BCUT2D eigenvalue weighted by Gasteiger charge is 2.43. The number of carboxylic acid groups (broad SMARTS) is 1. The Morgan fingerprint density at radius 2 is 1.50 bits per heavy atom. The van der Waals surface area contributed by atoms with Crippen molar-refractivity contribution >= 4 is 6.16 Å². The first-order valence-electron chi connectivity index (χ1n) is 8.36. The molecular formula is C17H34O3. The lowest BCUT2D eigenvalue weighted by Gasteiger charge is -2.42. The molecule has 0 aromatic carbocycles. The van der Waals surface area contributed by atoms with E-state index in [1.54, 1.807) is 0 Å². The Labute approximate surface area is 125 Å². The van der Waals surface area contributed by atoms with Gasteiger partial charge in [-0.15, -0.1) is 0 Å². The minimum Gasteiger partial charge on any atom is -0.450 e. The van der Waals surface area contributed by atoms with Gasteiger partial charge in [0.25, 0.3) is 0 Å². The van der Waals surface area contributed by atoms with Crippen LogP contribution in [0.5, 0.6) is 0 Å². The molecule has 3 nitrogen and oxygen atoms in total. The zero-order valence-corrected chi connectivity index (χ0v) is 14.1. The fraction of sp³-hybridized carbons (Fsp3) is 0.941. The first kappa shape index (κ1) is 19.3. The standard InChI is InChI=1S/C17H34O3/c1-6-9-10-11-12-13-17(14(4)7-2,15(5)8-3)20-16(18)19/h14-15H,6-13H2,1-5H3,(H,18,19). The quantitative estimate of drug-likeness (QED) is 0.381. The Hall–Kier alpha value is -0.730. The fourth-order valence-corrected chi connectivity index (χ4v) is 3.09. The summed E-state index contributed by atoms with van der Waals surface area (Å²) in [6.45, 7) is 10.7. The Morgan fingerprint density at radius 3 is 1.90 bits per heavy atom. The van der Waals surface area contributed by atoms with Crippen molar-refractivity contribution in [2.45, 2.75) is 91.6 Å². The summed E-state index contributed by atoms with van der Waals surface area (Å²) in [6, 6.07) is 0. The zero-order valence-electron chi connectivity index (χ0n) is 14.1. The van der Waals surface area contributed by atoms with Gasteiger partial charge in [-0.2, -0.15) is 0 Å². The highest BCUT2D eigenvalue weighted by atomic mass is 16.7. The van der Waals surface area contributed by atoms with E-state index in [9.17, 15) is 4.79 Å². The summed E-state index contributed by atoms with van der Waals surface area (Å²) in [5.74, 6) is 0.527. The molecule has 2 unspecified atom stereocenters. The van der Waals surface area contributed by atoms with Crippen LogP contribution in [0.1, 0.15) is 86.0 Å². The maximum Gasteiger partial charge on any atom is 0.506 e. The molecule has 0 rings (SSSR count). The maximum atomic E-state index is 11.2. The molecule has 0 heterocycles. The summed E-state index contributed by atoms with van der Waals surface area (Å²) in [5, 5.41) is 9.16. The topological polar surface area (TPSA) is 46.5 Å². The van der Waals surface area contributed by atoms with Gasteiger partial charge in [-0.1, -0.05) is 60.3 Å². The third kappa shape index (κ3) is 5.72. The van der Waals surface area contributed by atoms with Crippen LogP contribution in [0.3, 0.4) is 0 Å². The minimum absolute atomic E-state index is 0.264. The molecule has 0 saturated heterocycles. The number of hydrogen-bond donors (Lipinski definition) is 1. The van der Waals surface area contributed by atoms with Crippen LogP contribution in [-0.4, -0.2) is 16.9 Å². The van der Waals surface area contributed by atoms with Crippen LogP contribution in [0.15, 0.2) is 0 Å². The molecule has 0 fully saturated rings. The van der Waals surface area contributed by atoms with Crippen molar-refractivity contribution in [1.82, 2.24) is 0 Å². The molecule has 0 aliphatic rings. The summed E-state index contributed by atoms with van der Waals surface area (Å²) < 4.78 is 5.47. The van der Waals surface area contributed by atoms with Gasteiger partial charge in [0.1, 0.15) is 5.60 Å². The van der Waals surface area contributed by atoms with Crippen LogP contribution >= 0.6 is 0 Å². The predicted molar refractivity (Wildman–Crippen MR) is 84.1 cm³/mol. The van der Waals surface area contributed by atoms with E-state index in [-0.39, 0.29) is 11.8 Å². The number of ether oxygens (including phenoxy) is 1. The highest BCUT2D eigenvalue weighted by molar-refractivity contribution is 5.57. The second kappa shape index (κ2) is 10.1. The first-order valence-corrected chi connectivity index (χ1v) is 8.36. The van der Waals surface area contributed by atoms with E-state index >= 15 is 0 Å². The highest BCUT2D eigenvalue weighted by Crippen LogP contribution is 2.39. The molecule has 20 heavy (non-hydrogen) atoms. The van der Waals surface area contributed by atoms with Gasteiger partial charge in [0.2, 0.25) is 0 Å². The average molecular weight is 286 g/mol. The molecule has 0 radical (unpaired) electrons. The van der Waals surface area contributed by atoms with E-state index in [4.69, 9.17) is 9.84 Å². The summed E-state index contributed by atoms with van der Waals surface area (Å²) in [4.78, 5) is 11.2. The smallest absolute Gasteiger partial charge is 0.450 e. The largest absolute Gasteiger partial charge is 0.506 e. The molecular weight excluding hydrogens is 252 g/mol. The number of hydrogen-bond acceptors (Lipinski definition) is 2. The number of carbonyl (C=O) groups is 1. The summed E-state index contributed by atoms with van der Waals surface area (Å²) in [6.07, 6.45) is 7.59. The van der Waals surface area contributed by atoms with Crippen molar-refractivity contribution in [2.75, 3.05) is 0 Å². The molecule has 0 aromatic heterocycles. The lowest BCUT2D eigenvalue weighted by Crippen LogP contribution is -2.46. The van der Waals surface area contributed by atoms with E-state index < -0.39 is 11.8 Å². The van der Waals surface area contributed by atoms with Gasteiger partial charge in [0.15, 0.2) is 0 Å². The van der Waals surface area contributed by atoms with E-state index in [2.05, 4.69) is 34.6 Å². The Balaban J connectivity index is 4.84. The van der Waals surface area contributed by atoms with E-state index in [1.165, 1.54) is 25.7 Å². The third-order valence-corrected chi connectivity index (χ3v) is 4.84. The van der Waals surface area contributed by atoms with Crippen molar-refractivity contribution in [3.8, 4) is 0 Å². The van der Waals surface area contributed by atoms with Gasteiger partial charge in [-0.25, -0.2) is 4.79 Å². The van der Waals surface area contributed by atoms with Gasteiger partial charge in [0.05, 0.1) is 0 Å². The van der Waals surface area contributed by atoms with Crippen LogP contribution in [0.25, 0.3) is 0 Å². The molecule has 0 spiro atoms. The van der Waals surface area contributed by atoms with Crippen LogP contribution in [-0.2, 0) is 4.74 Å². The van der Waals surface area contributed by atoms with Crippen molar-refractivity contribution in [1.29, 1.82) is 0 Å². The average Bonchev–Trinajstić information content (AvgIpc) is 2.43. The van der Waals surface area contributed by atoms with Crippen LogP contribution < -0.4 is 0 Å². The van der Waals surface area contributed by atoms with E-state index in [0.717, 1.165) is 25.7 Å². The molecule has 0 bridgehead atoms. The van der Waals surface area contributed by atoms with E-state index in [1.807, 2.05) is 0 Å². The molecule has 3 heteroatoms. The molecule has 0 aliphatic heterocycles. The van der Waals surface area contributed by atoms with Crippen molar-refractivity contribution in [3.63, 3.8) is 0 Å². The van der Waals surface area contributed by atoms with Gasteiger partial charge in [0, 0.05) is 0 Å². The van der Waals surface area contributed by atoms with Gasteiger partial charge >= 0.3 is 6.16 Å². The fourth-order valence-electron chi connectivity index (χ4n) is 3.09. The van der Waals surface area contributed by atoms with Crippen molar-refractivity contribution < 1.29 is 14.6 Å². The molecule has 1 N–H and O–H groups in total. The zero-order chi connectivity index (χ0) is 15.6. The lowest BCUT2D eigenvalue weighted by molar-refractivity contribution is -0.0959. The van der Waals surface area contributed by atoms with Crippen LogP contribution in [0.4, 0.5) is 4.79 Å². The Bertz CT molecular complexity index is 253. The molecule has 2 atom stereocenters. The lowest BCUT2D eigenvalue weighted by atomic mass is 9.72. The van der Waals surface area contributed by atoms with Crippen LogP contribution in [0.2, 0.25) is 0 Å². The van der Waals surface area contributed by atoms with Crippen molar-refractivity contribution in [3.05, 3.63) is 0 Å². The normalized spacial score (nSPS) is 17.2. The van der Waals surface area contributed by atoms with Gasteiger partial charge in [-0.05, 0) is 37.5 Å². The Kier molecular flexibility index (Phi) is 9.70. The minimum atomic E-state index is -1.13. The van der Waals surface area contributed by atoms with E-state index in [0.29, 0.717) is 0 Å². The summed E-state index contributed by atoms with van der Waals surface area (Å²) >= 11 is 0. The third-order valence-electron chi connectivity index (χ3n) is 4.84. The predicted octanol–water partition coefficient (Wildman–Crippen LogP) is 5.87. The number of unbranched alkanes of at least 4 members (excludes halogenated alkanes) is 4. The van der Waals surface area contributed by atoms with Crippen molar-refractivity contribution in [2.24, 2.45) is 11.8 Å². The van der Waals surface area contributed by atoms with Crippen LogP contribution in [0, 0.1) is 11.8 Å². The number of rotatable bonds is 11. The molecule has 0 aromatic rings. The first-order chi connectivity index (χ1) is 9.44. The molecule has 0 amide bonds. The maximum absolute atomic E-state index is 11.2. The summed E-state index contributed by atoms with van der Waals surface area (Å²) in [5.41, 5.74) is -0.512. The second-order valence-electron chi connectivity index (χ2n) is 6.11. The monoisotopic (exact) mass is 286 g/mol. The second-order valence-corrected chi connectivity index (χ2v) is 6.11. The summed E-state index contributed by atoms with van der Waals surface area (Å²) in [7, 11) is 0. The molecule has 0 aliphatic carbocycles. The van der Waals surface area contributed by atoms with Gasteiger partial charge < -0.3 is 9.84 Å². The molecule has 0 saturated carbocycles. The SMILES string of the molecule is CCCCCCCC(OC(=O)O)(C(C)CC)C(C)CC. The molecule has 120 valence electrons. The van der Waals surface area contributed by atoms with Gasteiger partial charge in [-0.3, -0.25) is 0 Å².